The highest BCUT2D eigenvalue weighted by Gasteiger charge is 2.25. The van der Waals surface area contributed by atoms with Gasteiger partial charge in [-0.3, -0.25) is 0 Å². The Bertz CT molecular complexity index is 540. The molecule has 0 rings (SSSR count). The Hall–Kier alpha value is -1.36. The monoisotopic (exact) mass is 570 g/mol. The topological polar surface area (TPSA) is 166 Å². The van der Waals surface area contributed by atoms with E-state index >= 15 is 0 Å². The van der Waals surface area contributed by atoms with Crippen LogP contribution in [0.1, 0.15) is 19.3 Å². The van der Waals surface area contributed by atoms with E-state index in [-0.39, 0.29) is 66.4 Å². The van der Waals surface area contributed by atoms with Crippen molar-refractivity contribution >= 4 is 0 Å². The Labute approximate surface area is 232 Å². The lowest BCUT2D eigenvalue weighted by atomic mass is 10.2. The predicted octanol–water partition coefficient (Wildman–Crippen LogP) is -0.641. The largest absolute Gasteiger partial charge is 0.476 e. The van der Waals surface area contributed by atoms with Crippen LogP contribution < -0.4 is 0 Å². The van der Waals surface area contributed by atoms with Gasteiger partial charge in [0.15, 0.2) is 13.6 Å². The van der Waals surface area contributed by atoms with Gasteiger partial charge in [-0.15, -0.1) is 0 Å². The van der Waals surface area contributed by atoms with Crippen LogP contribution in [0.15, 0.2) is 25.7 Å². The number of ether oxygens (including phenoxy) is 7. The molecule has 0 aliphatic carbocycles. The van der Waals surface area contributed by atoms with Gasteiger partial charge in [0.25, 0.3) is 0 Å². The molecule has 3 unspecified atom stereocenters. The lowest BCUT2D eigenvalue weighted by molar-refractivity contribution is -0.929. The molecule has 13 heteroatoms. The zero-order chi connectivity index (χ0) is 29.0. The molecule has 0 saturated heterocycles. The summed E-state index contributed by atoms with van der Waals surface area (Å²) in [6.07, 6.45) is 1.94. The quantitative estimate of drug-likeness (QED) is 0.0310. The van der Waals surface area contributed by atoms with E-state index in [1.165, 1.54) is 12.5 Å². The Morgan fingerprint density at radius 2 is 1.13 bits per heavy atom. The van der Waals surface area contributed by atoms with Crippen LogP contribution in [0.5, 0.6) is 0 Å². The second-order valence-electron chi connectivity index (χ2n) is 8.93. The number of hydrogen-bond donors (Lipinski definition) is 5. The zero-order valence-electron chi connectivity index (χ0n) is 23.3. The summed E-state index contributed by atoms with van der Waals surface area (Å²) >= 11 is 0. The molecule has 0 amide bonds. The highest BCUT2D eigenvalue weighted by Crippen LogP contribution is 2.09. The summed E-state index contributed by atoms with van der Waals surface area (Å²) in [5, 5.41) is 48.5. The summed E-state index contributed by atoms with van der Waals surface area (Å²) in [6.45, 7) is 10.3. The second-order valence-corrected chi connectivity index (χ2v) is 8.93. The zero-order valence-corrected chi connectivity index (χ0v) is 23.3. The van der Waals surface area contributed by atoms with Crippen molar-refractivity contribution in [3.05, 3.63) is 25.7 Å². The standard InChI is InChI=1S/C26H52NO12/c1-3-33-22-36-16-6-24(31)18-38-21-26(39-19-25(32)7-17-37-23-34-4-2)20-35-15-5-8-27(9-12-28,10-13-29)11-14-30/h3-4,24-26,28-32H,1-2,5-23H2/q+1. The molecule has 232 valence electrons. The van der Waals surface area contributed by atoms with Crippen molar-refractivity contribution in [3.8, 4) is 0 Å². The van der Waals surface area contributed by atoms with Gasteiger partial charge in [-0.1, -0.05) is 13.2 Å². The first kappa shape index (κ1) is 37.6. The number of quaternary nitrogens is 1. The lowest BCUT2D eigenvalue weighted by Gasteiger charge is -2.37. The molecule has 0 aromatic rings. The van der Waals surface area contributed by atoms with Crippen molar-refractivity contribution in [2.75, 3.05) is 106 Å². The SMILES string of the molecule is C=COCOCCC(O)COCC(COCCC[N+](CCO)(CCO)CCO)OCC(O)CCOCOC=C. The van der Waals surface area contributed by atoms with Gasteiger partial charge in [-0.05, 0) is 12.8 Å². The molecule has 5 N–H and O–H groups in total. The van der Waals surface area contributed by atoms with Gasteiger partial charge in [0.1, 0.15) is 25.7 Å². The van der Waals surface area contributed by atoms with Crippen molar-refractivity contribution in [3.63, 3.8) is 0 Å². The molecule has 0 saturated carbocycles. The second kappa shape index (κ2) is 26.8. The number of rotatable bonds is 31. The van der Waals surface area contributed by atoms with Crippen LogP contribution in [0, 0.1) is 0 Å². The maximum atomic E-state index is 10.2. The van der Waals surface area contributed by atoms with Gasteiger partial charge in [-0.2, -0.15) is 0 Å². The van der Waals surface area contributed by atoms with Crippen molar-refractivity contribution in [1.29, 1.82) is 0 Å². The van der Waals surface area contributed by atoms with E-state index in [0.717, 1.165) is 0 Å². The summed E-state index contributed by atoms with van der Waals surface area (Å²) in [7, 11) is 0. The summed E-state index contributed by atoms with van der Waals surface area (Å²) in [5.41, 5.74) is 0. The molecule has 0 fully saturated rings. The molecule has 0 bridgehead atoms. The minimum absolute atomic E-state index is 0.0384. The number of nitrogens with zero attached hydrogens (tertiary/aromatic N) is 1. The number of hydrogen-bond acceptors (Lipinski definition) is 12. The van der Waals surface area contributed by atoms with Gasteiger partial charge in [0.2, 0.25) is 0 Å². The van der Waals surface area contributed by atoms with E-state index in [9.17, 15) is 25.5 Å². The van der Waals surface area contributed by atoms with Gasteiger partial charge < -0.3 is 63.2 Å². The van der Waals surface area contributed by atoms with E-state index < -0.39 is 18.3 Å². The van der Waals surface area contributed by atoms with E-state index in [4.69, 9.17) is 33.2 Å². The molecular formula is C26H52NO12+. The Balaban J connectivity index is 4.58. The molecule has 13 nitrogen and oxygen atoms in total. The molecule has 39 heavy (non-hydrogen) atoms. The lowest BCUT2D eigenvalue weighted by Crippen LogP contribution is -2.54. The molecule has 3 atom stereocenters. The van der Waals surface area contributed by atoms with E-state index in [0.29, 0.717) is 63.1 Å². The normalized spacial score (nSPS) is 14.1. The van der Waals surface area contributed by atoms with Crippen LogP contribution in [-0.2, 0) is 33.2 Å². The first-order chi connectivity index (χ1) is 19.0. The molecule has 0 spiro atoms. The molecule has 0 aliphatic rings. The van der Waals surface area contributed by atoms with Crippen molar-refractivity contribution in [2.45, 2.75) is 37.6 Å². The summed E-state index contributed by atoms with van der Waals surface area (Å²) in [4.78, 5) is 0. The van der Waals surface area contributed by atoms with Crippen LogP contribution >= 0.6 is 0 Å². The summed E-state index contributed by atoms with van der Waals surface area (Å²) < 4.78 is 37.8. The van der Waals surface area contributed by atoms with Crippen molar-refractivity contribution < 1.29 is 63.2 Å². The summed E-state index contributed by atoms with van der Waals surface area (Å²) in [6, 6.07) is 0. The number of aliphatic hydroxyl groups is 5. The van der Waals surface area contributed by atoms with Crippen LogP contribution in [0.3, 0.4) is 0 Å². The Kier molecular flexibility index (Phi) is 25.9. The van der Waals surface area contributed by atoms with Crippen LogP contribution in [0.25, 0.3) is 0 Å². The smallest absolute Gasteiger partial charge is 0.188 e. The van der Waals surface area contributed by atoms with E-state index in [2.05, 4.69) is 13.2 Å². The average Bonchev–Trinajstić information content (AvgIpc) is 2.91. The van der Waals surface area contributed by atoms with Gasteiger partial charge in [-0.25, -0.2) is 0 Å². The third-order valence-electron chi connectivity index (χ3n) is 5.82. The minimum atomic E-state index is -0.759. The Morgan fingerprint density at radius 1 is 0.615 bits per heavy atom. The molecule has 0 radical (unpaired) electrons. The third kappa shape index (κ3) is 22.1. The van der Waals surface area contributed by atoms with Gasteiger partial charge >= 0.3 is 0 Å². The van der Waals surface area contributed by atoms with Crippen LogP contribution in [-0.4, -0.2) is 154 Å². The molecule has 0 aromatic carbocycles. The molecule has 0 aromatic heterocycles. The minimum Gasteiger partial charge on any atom is -0.476 e. The first-order valence-corrected chi connectivity index (χ1v) is 13.4. The fourth-order valence-corrected chi connectivity index (χ4v) is 3.67. The Morgan fingerprint density at radius 3 is 1.64 bits per heavy atom. The highest BCUT2D eigenvalue weighted by molar-refractivity contribution is 4.62. The van der Waals surface area contributed by atoms with Gasteiger partial charge in [0, 0.05) is 6.42 Å². The van der Waals surface area contributed by atoms with E-state index in [1.54, 1.807) is 0 Å². The third-order valence-corrected chi connectivity index (χ3v) is 5.82. The maximum absolute atomic E-state index is 10.2. The highest BCUT2D eigenvalue weighted by atomic mass is 16.7. The number of aliphatic hydroxyl groups excluding tert-OH is 5. The fourth-order valence-electron chi connectivity index (χ4n) is 3.67. The molecular weight excluding hydrogens is 518 g/mol. The van der Waals surface area contributed by atoms with Crippen molar-refractivity contribution in [1.82, 2.24) is 0 Å². The summed E-state index contributed by atoms with van der Waals surface area (Å²) in [5.74, 6) is 0. The van der Waals surface area contributed by atoms with Crippen LogP contribution in [0.2, 0.25) is 0 Å². The predicted molar refractivity (Wildman–Crippen MR) is 142 cm³/mol. The fraction of sp³-hybridized carbons (Fsp3) is 0.846. The first-order valence-electron chi connectivity index (χ1n) is 13.4. The van der Waals surface area contributed by atoms with Crippen molar-refractivity contribution in [2.24, 2.45) is 0 Å². The molecule has 0 aliphatic heterocycles. The average molecular weight is 571 g/mol. The van der Waals surface area contributed by atoms with E-state index in [1.807, 2.05) is 0 Å². The molecule has 0 heterocycles. The van der Waals surface area contributed by atoms with Crippen LogP contribution in [0.4, 0.5) is 0 Å². The van der Waals surface area contributed by atoms with Gasteiger partial charge in [0.05, 0.1) is 97.3 Å². The maximum Gasteiger partial charge on any atom is 0.188 e.